The summed E-state index contributed by atoms with van der Waals surface area (Å²) >= 11 is 0. The normalized spacial score (nSPS) is 25.5. The maximum absolute atomic E-state index is 11.7. The molecule has 1 saturated heterocycles. The Morgan fingerprint density at radius 1 is 0.940 bits per heavy atom. The highest BCUT2D eigenvalue weighted by molar-refractivity contribution is 5.89. The van der Waals surface area contributed by atoms with E-state index in [1.807, 2.05) is 25.2 Å². The highest BCUT2D eigenvalue weighted by Crippen LogP contribution is 2.52. The van der Waals surface area contributed by atoms with Crippen molar-refractivity contribution in [2.45, 2.75) is 108 Å². The summed E-state index contributed by atoms with van der Waals surface area (Å²) in [5.41, 5.74) is 17.1. The molecule has 11 nitrogen and oxygen atoms in total. The second-order valence-electron chi connectivity index (χ2n) is 19.4. The van der Waals surface area contributed by atoms with Gasteiger partial charge in [0.15, 0.2) is 11.5 Å². The van der Waals surface area contributed by atoms with Crippen LogP contribution in [-0.2, 0) is 47.4 Å². The Morgan fingerprint density at radius 2 is 1.79 bits per heavy atom. The van der Waals surface area contributed by atoms with Crippen LogP contribution in [0.1, 0.15) is 90.3 Å². The van der Waals surface area contributed by atoms with Crippen LogP contribution in [0.5, 0.6) is 17.2 Å². The van der Waals surface area contributed by atoms with Gasteiger partial charge in [0.1, 0.15) is 24.3 Å². The van der Waals surface area contributed by atoms with E-state index < -0.39 is 12.3 Å². The second-order valence-corrected chi connectivity index (χ2v) is 19.4. The summed E-state index contributed by atoms with van der Waals surface area (Å²) in [6.07, 6.45) is 11.3. The van der Waals surface area contributed by atoms with Crippen LogP contribution in [0.15, 0.2) is 102 Å². The number of nitrogens with two attached hydrogens (primary N) is 1. The van der Waals surface area contributed by atoms with Crippen LogP contribution < -0.4 is 21.1 Å². The molecule has 1 fully saturated rings. The molecule has 67 heavy (non-hydrogen) atoms. The van der Waals surface area contributed by atoms with Crippen molar-refractivity contribution in [2.24, 2.45) is 17.6 Å². The number of dihydropyridines is 1. The molecule has 0 radical (unpaired) electrons. The number of benzene rings is 4. The minimum Gasteiger partial charge on any atom is -0.508 e. The first kappa shape index (κ1) is 45.2. The van der Waals surface area contributed by atoms with Crippen LogP contribution in [0, 0.1) is 23.7 Å². The van der Waals surface area contributed by atoms with Crippen molar-refractivity contribution in [1.29, 1.82) is 0 Å². The summed E-state index contributed by atoms with van der Waals surface area (Å²) in [7, 11) is 1.92. The first-order valence-corrected chi connectivity index (χ1v) is 24.3. The third kappa shape index (κ3) is 9.11. The Balaban J connectivity index is 1.15. The van der Waals surface area contributed by atoms with E-state index in [1.165, 1.54) is 16.7 Å². The summed E-state index contributed by atoms with van der Waals surface area (Å²) < 4.78 is 22.0. The standard InChI is InChI=1S/C56H64N4O7/c1-58-28-48-47-20-13-35(9-10-36-11-17-44(62)18-12-36)5-4-7-46-27-45(63)19-15-38-26-53(52(64)25-40(38)31-61)67-32-41-24-43(56-21-22-65-33-42(56)16-14-37-6-2-3-8-51(37)56)23-39-29-60(30-49(39)41)55(59-54(48)57)50(47)34-66-46/h2-3,6,8,11-12,17-18,23-26,29-30,35,42,45-46,54,58-59,61-64H,4-5,7,9-10,14-16,19,21-22,27-28,31-34,57H2,1H3. The van der Waals surface area contributed by atoms with E-state index in [0.29, 0.717) is 56.3 Å². The molecule has 0 spiro atoms. The molecule has 350 valence electrons. The second kappa shape index (κ2) is 19.6. The van der Waals surface area contributed by atoms with E-state index in [1.54, 1.807) is 18.2 Å². The molecule has 1 aromatic heterocycles. The van der Waals surface area contributed by atoms with E-state index in [4.69, 9.17) is 19.9 Å². The Hall–Kier alpha value is -5.58. The van der Waals surface area contributed by atoms with Crippen LogP contribution in [0.25, 0.3) is 16.6 Å². The number of likely N-dealkylation sites (N-methyl/N-ethyl adjacent to an activating group) is 1. The van der Waals surface area contributed by atoms with Gasteiger partial charge in [0, 0.05) is 58.8 Å². The Morgan fingerprint density at radius 3 is 2.64 bits per heavy atom. The number of aliphatic hydroxyl groups excluding tert-OH is 2. The molecule has 4 aliphatic heterocycles. The van der Waals surface area contributed by atoms with Crippen molar-refractivity contribution in [3.63, 3.8) is 0 Å². The lowest BCUT2D eigenvalue weighted by molar-refractivity contribution is 0.00498. The molecule has 5 aliphatic rings. The van der Waals surface area contributed by atoms with Gasteiger partial charge < -0.3 is 55.6 Å². The average Bonchev–Trinajstić information content (AvgIpc) is 3.77. The fourth-order valence-electron chi connectivity index (χ4n) is 11.6. The molecular formula is C56H64N4O7. The van der Waals surface area contributed by atoms with Crippen molar-refractivity contribution in [3.8, 4) is 29.1 Å². The molecule has 4 aromatic carbocycles. The monoisotopic (exact) mass is 904 g/mol. The molecule has 6 atom stereocenters. The number of aromatic hydroxyl groups is 2. The zero-order valence-corrected chi connectivity index (χ0v) is 38.5. The third-order valence-corrected chi connectivity index (χ3v) is 15.3. The first-order valence-electron chi connectivity index (χ1n) is 24.3. The summed E-state index contributed by atoms with van der Waals surface area (Å²) in [6.45, 7) is 2.09. The zero-order chi connectivity index (χ0) is 46.1. The molecular weight excluding hydrogens is 841 g/mol. The van der Waals surface area contributed by atoms with E-state index in [-0.39, 0.29) is 48.8 Å². The van der Waals surface area contributed by atoms with Crippen LogP contribution in [0.3, 0.4) is 0 Å². The number of phenolic OH excluding ortho intramolecular Hbond substituents is 2. The fraction of sp³-hybridized carbons (Fsp3) is 0.429. The van der Waals surface area contributed by atoms with Crippen molar-refractivity contribution >= 4 is 16.6 Å². The molecule has 1 aliphatic carbocycles. The quantitative estimate of drug-likeness (QED) is 0.0816. The lowest BCUT2D eigenvalue weighted by Crippen LogP contribution is -2.47. The summed E-state index contributed by atoms with van der Waals surface area (Å²) in [5.74, 6) is 9.18. The van der Waals surface area contributed by atoms with E-state index in [0.717, 1.165) is 101 Å². The van der Waals surface area contributed by atoms with Gasteiger partial charge in [-0.1, -0.05) is 54.3 Å². The van der Waals surface area contributed by atoms with Gasteiger partial charge in [-0.2, -0.15) is 0 Å². The lowest BCUT2D eigenvalue weighted by Gasteiger charge is -2.49. The molecule has 5 heterocycles. The number of aromatic nitrogens is 1. The van der Waals surface area contributed by atoms with Crippen molar-refractivity contribution in [3.05, 3.63) is 141 Å². The van der Waals surface area contributed by atoms with Gasteiger partial charge in [-0.3, -0.25) is 0 Å². The smallest absolute Gasteiger partial charge is 0.161 e. The SMILES string of the molecule is CNCC1=C2C#CC(CCc3ccc(O)cc3)CCCC3CC(O)CCc4cc(c(O)cc4CO)OCc4cc(C56CCOCC5CCc5ccccc56)cc5cn(cc45)C(=C2CO3)NC1N. The van der Waals surface area contributed by atoms with Crippen LogP contribution >= 0.6 is 0 Å². The maximum Gasteiger partial charge on any atom is 0.161 e. The fourth-order valence-corrected chi connectivity index (χ4v) is 11.6. The molecule has 5 aromatic rings. The van der Waals surface area contributed by atoms with Crippen molar-refractivity contribution in [1.82, 2.24) is 15.2 Å². The minimum atomic E-state index is -0.678. The van der Waals surface area contributed by atoms with Gasteiger partial charge in [-0.25, -0.2) is 0 Å². The zero-order valence-electron chi connectivity index (χ0n) is 38.5. The van der Waals surface area contributed by atoms with Crippen LogP contribution in [0.2, 0.25) is 0 Å². The number of aliphatic hydroxyl groups is 2. The van der Waals surface area contributed by atoms with Gasteiger partial charge in [0.05, 0.1) is 32.0 Å². The lowest BCUT2D eigenvalue weighted by atomic mass is 9.57. The molecule has 0 saturated carbocycles. The van der Waals surface area contributed by atoms with Crippen molar-refractivity contribution in [2.75, 3.05) is 33.4 Å². The van der Waals surface area contributed by atoms with Gasteiger partial charge in [-0.05, 0) is 158 Å². The Kier molecular flexibility index (Phi) is 13.2. The van der Waals surface area contributed by atoms with Gasteiger partial charge >= 0.3 is 0 Å². The van der Waals surface area contributed by atoms with Crippen LogP contribution in [0.4, 0.5) is 0 Å². The predicted octanol–water partition coefficient (Wildman–Crippen LogP) is 7.48. The number of nitrogens with zero attached hydrogens (tertiary/aromatic N) is 1. The molecule has 0 amide bonds. The topological polar surface area (TPSA) is 164 Å². The average molecular weight is 905 g/mol. The number of ether oxygens (including phenoxy) is 3. The number of rotatable bonds is 7. The van der Waals surface area contributed by atoms with Gasteiger partial charge in [0.25, 0.3) is 0 Å². The Labute approximate surface area is 393 Å². The van der Waals surface area contributed by atoms with Crippen LogP contribution in [-0.4, -0.2) is 76.8 Å². The summed E-state index contributed by atoms with van der Waals surface area (Å²) in [5, 5.41) is 52.5. The first-order chi connectivity index (χ1) is 32.7. The van der Waals surface area contributed by atoms with Gasteiger partial charge in [0.2, 0.25) is 0 Å². The maximum atomic E-state index is 11.7. The molecule has 11 heteroatoms. The number of hydrogen-bond donors (Lipinski definition) is 7. The largest absolute Gasteiger partial charge is 0.508 e. The number of hydrogen-bond acceptors (Lipinski definition) is 10. The Bertz CT molecular complexity index is 2750. The predicted molar refractivity (Wildman–Crippen MR) is 260 cm³/mol. The molecule has 6 bridgehead atoms. The van der Waals surface area contributed by atoms with Gasteiger partial charge in [-0.15, -0.1) is 0 Å². The van der Waals surface area contributed by atoms with E-state index >= 15 is 0 Å². The highest BCUT2D eigenvalue weighted by Gasteiger charge is 2.47. The number of phenols is 2. The molecule has 8 N–H and O–H groups in total. The highest BCUT2D eigenvalue weighted by atomic mass is 16.5. The number of fused-ring (bicyclic) bond motifs is 9. The third-order valence-electron chi connectivity index (χ3n) is 15.3. The van der Waals surface area contributed by atoms with E-state index in [2.05, 4.69) is 75.8 Å². The number of aryl methyl sites for hydroxylation is 3. The summed E-state index contributed by atoms with van der Waals surface area (Å²) in [4.78, 5) is 0. The minimum absolute atomic E-state index is 0.0367. The van der Waals surface area contributed by atoms with Crippen molar-refractivity contribution < 1.29 is 34.6 Å². The molecule has 10 rings (SSSR count). The summed E-state index contributed by atoms with van der Waals surface area (Å²) in [6, 6.07) is 24.5. The molecule has 6 unspecified atom stereocenters. The van der Waals surface area contributed by atoms with E-state index in [9.17, 15) is 20.4 Å². The number of nitrogens with one attached hydrogen (secondary N) is 2.